The average molecular weight is 307 g/mol. The molecule has 3 N–H and O–H groups in total. The topological polar surface area (TPSA) is 99.2 Å². The standard InChI is InChI=1S/C16H21NO5/c1-9(2)8-11(12(18)10-6-4-3-5-7-10)17-15(19)13-14(22-13)16(20)21/h3-7,9,11-14,18H,8H2,1-2H3,(H,17,19)(H,20,21)/t11-,12?,13-,14-/m0/s1. The molecule has 0 aliphatic carbocycles. The molecule has 1 saturated heterocycles. The van der Waals surface area contributed by atoms with Gasteiger partial charge in [-0.05, 0) is 17.9 Å². The summed E-state index contributed by atoms with van der Waals surface area (Å²) < 4.78 is 4.84. The zero-order valence-electron chi connectivity index (χ0n) is 12.6. The summed E-state index contributed by atoms with van der Waals surface area (Å²) in [5.74, 6) is -1.38. The highest BCUT2D eigenvalue weighted by Gasteiger charge is 2.51. The van der Waals surface area contributed by atoms with Crippen LogP contribution in [0.2, 0.25) is 0 Å². The fourth-order valence-electron chi connectivity index (χ4n) is 2.42. The third-order valence-corrected chi connectivity index (χ3v) is 3.57. The van der Waals surface area contributed by atoms with Crippen LogP contribution in [-0.4, -0.2) is 40.3 Å². The number of epoxide rings is 1. The highest BCUT2D eigenvalue weighted by atomic mass is 16.6. The van der Waals surface area contributed by atoms with Crippen molar-refractivity contribution >= 4 is 11.9 Å². The molecule has 0 saturated carbocycles. The number of hydrogen-bond acceptors (Lipinski definition) is 4. The van der Waals surface area contributed by atoms with Crippen LogP contribution in [0, 0.1) is 5.92 Å². The highest BCUT2D eigenvalue weighted by Crippen LogP contribution is 2.25. The molecule has 1 unspecified atom stereocenters. The number of aliphatic hydroxyl groups is 1. The maximum absolute atomic E-state index is 12.0. The minimum absolute atomic E-state index is 0.263. The van der Waals surface area contributed by atoms with Gasteiger partial charge in [0.1, 0.15) is 0 Å². The molecule has 0 aromatic heterocycles. The van der Waals surface area contributed by atoms with Gasteiger partial charge in [0.15, 0.2) is 12.2 Å². The number of carbonyl (C=O) groups excluding carboxylic acids is 1. The predicted octanol–water partition coefficient (Wildman–Crippen LogP) is 1.10. The summed E-state index contributed by atoms with van der Waals surface area (Å²) in [6, 6.07) is 8.57. The maximum atomic E-state index is 12.0. The fraction of sp³-hybridized carbons (Fsp3) is 0.500. The van der Waals surface area contributed by atoms with E-state index < -0.39 is 36.2 Å². The van der Waals surface area contributed by atoms with Gasteiger partial charge in [0.2, 0.25) is 0 Å². The van der Waals surface area contributed by atoms with Gasteiger partial charge in [-0.2, -0.15) is 0 Å². The first-order chi connectivity index (χ1) is 10.4. The average Bonchev–Trinajstić information content (AvgIpc) is 3.27. The van der Waals surface area contributed by atoms with E-state index in [0.717, 1.165) is 0 Å². The number of nitrogens with one attached hydrogen (secondary N) is 1. The lowest BCUT2D eigenvalue weighted by Crippen LogP contribution is -2.43. The van der Waals surface area contributed by atoms with Gasteiger partial charge in [-0.1, -0.05) is 44.2 Å². The Bertz CT molecular complexity index is 531. The Labute approximate surface area is 129 Å². The monoisotopic (exact) mass is 307 g/mol. The Balaban J connectivity index is 2.03. The van der Waals surface area contributed by atoms with E-state index in [1.807, 2.05) is 32.0 Å². The number of amides is 1. The SMILES string of the molecule is CC(C)C[C@H](NC(=O)[C@H]1O[C@@H]1C(=O)O)C(O)c1ccccc1. The van der Waals surface area contributed by atoms with Gasteiger partial charge < -0.3 is 20.3 Å². The van der Waals surface area contributed by atoms with Crippen molar-refractivity contribution in [1.82, 2.24) is 5.32 Å². The molecule has 4 atom stereocenters. The van der Waals surface area contributed by atoms with Gasteiger partial charge >= 0.3 is 5.97 Å². The lowest BCUT2D eigenvalue weighted by Gasteiger charge is -2.26. The molecule has 1 heterocycles. The zero-order chi connectivity index (χ0) is 16.3. The van der Waals surface area contributed by atoms with Crippen LogP contribution in [0.5, 0.6) is 0 Å². The van der Waals surface area contributed by atoms with Crippen molar-refractivity contribution in [2.45, 2.75) is 44.6 Å². The maximum Gasteiger partial charge on any atom is 0.336 e. The van der Waals surface area contributed by atoms with Gasteiger partial charge in [0.05, 0.1) is 12.1 Å². The van der Waals surface area contributed by atoms with Crippen molar-refractivity contribution in [3.05, 3.63) is 35.9 Å². The molecule has 1 aliphatic rings. The van der Waals surface area contributed by atoms with Crippen molar-refractivity contribution in [1.29, 1.82) is 0 Å². The molecule has 1 fully saturated rings. The van der Waals surface area contributed by atoms with Crippen molar-refractivity contribution < 1.29 is 24.5 Å². The van der Waals surface area contributed by atoms with Crippen LogP contribution in [0.15, 0.2) is 30.3 Å². The molecular weight excluding hydrogens is 286 g/mol. The summed E-state index contributed by atoms with van der Waals surface area (Å²) in [7, 11) is 0. The molecule has 22 heavy (non-hydrogen) atoms. The van der Waals surface area contributed by atoms with Crippen molar-refractivity contribution in [3.8, 4) is 0 Å². The van der Waals surface area contributed by atoms with E-state index in [1.54, 1.807) is 12.1 Å². The number of carbonyl (C=O) groups is 2. The van der Waals surface area contributed by atoms with Crippen LogP contribution in [0.4, 0.5) is 0 Å². The van der Waals surface area contributed by atoms with E-state index in [0.29, 0.717) is 12.0 Å². The molecule has 1 amide bonds. The first-order valence-corrected chi connectivity index (χ1v) is 7.31. The second kappa shape index (κ2) is 6.89. The number of hydrogen-bond donors (Lipinski definition) is 3. The molecule has 1 aromatic rings. The van der Waals surface area contributed by atoms with E-state index in [-0.39, 0.29) is 5.92 Å². The lowest BCUT2D eigenvalue weighted by atomic mass is 9.94. The molecule has 120 valence electrons. The van der Waals surface area contributed by atoms with Gasteiger partial charge in [0, 0.05) is 0 Å². The van der Waals surface area contributed by atoms with Crippen LogP contribution < -0.4 is 5.32 Å². The molecule has 6 nitrogen and oxygen atoms in total. The van der Waals surface area contributed by atoms with Crippen molar-refractivity contribution in [2.75, 3.05) is 0 Å². The van der Waals surface area contributed by atoms with Crippen LogP contribution in [-0.2, 0) is 14.3 Å². The Kier molecular flexibility index (Phi) is 5.15. The summed E-state index contributed by atoms with van der Waals surface area (Å²) >= 11 is 0. The number of aliphatic carboxylic acids is 1. The smallest absolute Gasteiger partial charge is 0.336 e. The van der Waals surface area contributed by atoms with Gasteiger partial charge in [-0.15, -0.1) is 0 Å². The molecule has 1 aromatic carbocycles. The number of benzene rings is 1. The summed E-state index contributed by atoms with van der Waals surface area (Å²) in [6.07, 6.45) is -2.31. The molecule has 0 radical (unpaired) electrons. The Morgan fingerprint density at radius 3 is 2.36 bits per heavy atom. The third kappa shape index (κ3) is 4.05. The van der Waals surface area contributed by atoms with E-state index in [1.165, 1.54) is 0 Å². The first kappa shape index (κ1) is 16.5. The van der Waals surface area contributed by atoms with Crippen molar-refractivity contribution in [3.63, 3.8) is 0 Å². The minimum atomic E-state index is -1.15. The van der Waals surface area contributed by atoms with Gasteiger partial charge in [-0.3, -0.25) is 4.79 Å². The van der Waals surface area contributed by atoms with E-state index in [9.17, 15) is 14.7 Å². The fourth-order valence-corrected chi connectivity index (χ4v) is 2.42. The Morgan fingerprint density at radius 1 is 1.23 bits per heavy atom. The quantitative estimate of drug-likeness (QED) is 0.655. The zero-order valence-corrected chi connectivity index (χ0v) is 12.6. The molecule has 2 rings (SSSR count). The lowest BCUT2D eigenvalue weighted by molar-refractivity contribution is -0.138. The van der Waals surface area contributed by atoms with Crippen LogP contribution in [0.1, 0.15) is 31.9 Å². The molecular formula is C16H21NO5. The van der Waals surface area contributed by atoms with E-state index in [2.05, 4.69) is 5.32 Å². The largest absolute Gasteiger partial charge is 0.479 e. The second-order valence-electron chi connectivity index (χ2n) is 5.92. The highest BCUT2D eigenvalue weighted by molar-refractivity contribution is 5.92. The van der Waals surface area contributed by atoms with Crippen molar-refractivity contribution in [2.24, 2.45) is 5.92 Å². The molecule has 6 heteroatoms. The second-order valence-corrected chi connectivity index (χ2v) is 5.92. The number of carboxylic acids is 1. The molecule has 0 bridgehead atoms. The number of ether oxygens (including phenoxy) is 1. The Hall–Kier alpha value is -1.92. The van der Waals surface area contributed by atoms with Crippen LogP contribution in [0.3, 0.4) is 0 Å². The predicted molar refractivity (Wildman–Crippen MR) is 79.1 cm³/mol. The molecule has 0 spiro atoms. The van der Waals surface area contributed by atoms with Crippen LogP contribution in [0.25, 0.3) is 0 Å². The van der Waals surface area contributed by atoms with Gasteiger partial charge in [0.25, 0.3) is 5.91 Å². The summed E-state index contributed by atoms with van der Waals surface area (Å²) in [5.41, 5.74) is 0.708. The van der Waals surface area contributed by atoms with Crippen LogP contribution >= 0.6 is 0 Å². The van der Waals surface area contributed by atoms with E-state index in [4.69, 9.17) is 9.84 Å². The third-order valence-electron chi connectivity index (χ3n) is 3.57. The molecule has 1 aliphatic heterocycles. The van der Waals surface area contributed by atoms with E-state index >= 15 is 0 Å². The number of rotatable bonds is 7. The van der Waals surface area contributed by atoms with Gasteiger partial charge in [-0.25, -0.2) is 4.79 Å². The summed E-state index contributed by atoms with van der Waals surface area (Å²) in [6.45, 7) is 3.98. The summed E-state index contributed by atoms with van der Waals surface area (Å²) in [5, 5.41) is 22.0. The summed E-state index contributed by atoms with van der Waals surface area (Å²) in [4.78, 5) is 22.8. The Morgan fingerprint density at radius 2 is 1.86 bits per heavy atom. The number of carboxylic acid groups (broad SMARTS) is 1. The number of aliphatic hydroxyl groups excluding tert-OH is 1. The normalized spacial score (nSPS) is 22.9. The minimum Gasteiger partial charge on any atom is -0.479 e. The first-order valence-electron chi connectivity index (χ1n) is 7.31.